The quantitative estimate of drug-likeness (QED) is 0.167. The summed E-state index contributed by atoms with van der Waals surface area (Å²) in [5, 5.41) is 25.2. The van der Waals surface area contributed by atoms with Gasteiger partial charge in [0.25, 0.3) is 11.5 Å². The number of H-pyrrole nitrogens is 1. The number of nitrogens with one attached hydrogen (secondary N) is 3. The topological polar surface area (TPSA) is 198 Å². The highest BCUT2D eigenvalue weighted by Gasteiger charge is 2.47. The van der Waals surface area contributed by atoms with E-state index in [-0.39, 0.29) is 38.9 Å². The third-order valence-electron chi connectivity index (χ3n) is 4.62. The van der Waals surface area contributed by atoms with E-state index in [9.17, 15) is 34.0 Å². The van der Waals surface area contributed by atoms with Crippen LogP contribution in [0.25, 0.3) is 0 Å². The van der Waals surface area contributed by atoms with Crippen molar-refractivity contribution in [2.45, 2.75) is 51.2 Å². The molecular formula is C18H29N4O10P. The zero-order valence-corrected chi connectivity index (χ0v) is 19.2. The Morgan fingerprint density at radius 1 is 1.18 bits per heavy atom. The fourth-order valence-electron chi connectivity index (χ4n) is 3.09. The Kier molecular flexibility index (Phi) is 9.95. The number of nitrogens with zero attached hydrogens (tertiary/aromatic N) is 1. The third kappa shape index (κ3) is 7.32. The molecule has 2 rings (SSSR count). The number of aromatic nitrogens is 2. The lowest BCUT2D eigenvalue weighted by Crippen LogP contribution is -2.43. The number of aliphatic hydroxyl groups excluding tert-OH is 2. The molecule has 33 heavy (non-hydrogen) atoms. The van der Waals surface area contributed by atoms with Crippen LogP contribution in [0, 0.1) is 0 Å². The van der Waals surface area contributed by atoms with Crippen molar-refractivity contribution >= 4 is 19.4 Å². The maximum atomic E-state index is 12.3. The van der Waals surface area contributed by atoms with Crippen LogP contribution in [0.5, 0.6) is 0 Å². The van der Waals surface area contributed by atoms with Crippen LogP contribution in [0.15, 0.2) is 21.9 Å². The lowest BCUT2D eigenvalue weighted by atomic mass is 10.1. The van der Waals surface area contributed by atoms with E-state index in [0.29, 0.717) is 0 Å². The number of rotatable bonds is 12. The van der Waals surface area contributed by atoms with Gasteiger partial charge in [0, 0.05) is 25.2 Å². The van der Waals surface area contributed by atoms with E-state index in [1.54, 1.807) is 13.8 Å². The number of amides is 2. The second-order valence-electron chi connectivity index (χ2n) is 7.04. The molecule has 0 spiro atoms. The maximum absolute atomic E-state index is 12.3. The molecular weight excluding hydrogens is 463 g/mol. The standard InChI is InChI=1S/C18H29N4O10P/c1-3-30-33(29,31-4-2)10-20-11(23)6-5-8-19-16(27)15-13(25)14(26)17(32-15)22-9-7-12(24)21-18(22)28/h7,9,13-15,17,25-26H,3-6,8,10H2,1-2H3,(H,19,27)(H,20,23)(H,21,24,28)/t13-,14+,15-,17?/m0/s1. The van der Waals surface area contributed by atoms with Gasteiger partial charge < -0.3 is 34.6 Å². The summed E-state index contributed by atoms with van der Waals surface area (Å²) in [6.45, 7) is 3.69. The van der Waals surface area contributed by atoms with Gasteiger partial charge in [0.1, 0.15) is 18.5 Å². The van der Waals surface area contributed by atoms with Gasteiger partial charge in [-0.25, -0.2) is 4.79 Å². The van der Waals surface area contributed by atoms with Crippen LogP contribution in [0.4, 0.5) is 0 Å². The number of carbonyl (C=O) groups is 2. The number of aromatic amines is 1. The highest BCUT2D eigenvalue weighted by molar-refractivity contribution is 7.53. The van der Waals surface area contributed by atoms with Crippen LogP contribution >= 0.6 is 7.60 Å². The summed E-state index contributed by atoms with van der Waals surface area (Å²) in [5.74, 6) is -1.17. The Labute approximate surface area is 188 Å². The molecule has 186 valence electrons. The summed E-state index contributed by atoms with van der Waals surface area (Å²) < 4.78 is 28.6. The van der Waals surface area contributed by atoms with Gasteiger partial charge in [-0.1, -0.05) is 0 Å². The van der Waals surface area contributed by atoms with Gasteiger partial charge in [0.2, 0.25) is 5.91 Å². The first kappa shape index (κ1) is 26.9. The number of carbonyl (C=O) groups excluding carboxylic acids is 2. The van der Waals surface area contributed by atoms with Gasteiger partial charge in [-0.05, 0) is 20.3 Å². The Morgan fingerprint density at radius 2 is 1.85 bits per heavy atom. The van der Waals surface area contributed by atoms with Crippen LogP contribution in [-0.4, -0.2) is 75.9 Å². The molecule has 14 nitrogen and oxygen atoms in total. The van der Waals surface area contributed by atoms with Crippen molar-refractivity contribution in [3.63, 3.8) is 0 Å². The van der Waals surface area contributed by atoms with E-state index < -0.39 is 55.2 Å². The molecule has 15 heteroatoms. The second kappa shape index (κ2) is 12.2. The lowest BCUT2D eigenvalue weighted by Gasteiger charge is -2.17. The van der Waals surface area contributed by atoms with E-state index in [4.69, 9.17) is 13.8 Å². The second-order valence-corrected chi connectivity index (χ2v) is 9.10. The summed E-state index contributed by atoms with van der Waals surface area (Å²) in [5.41, 5.74) is -1.52. The minimum Gasteiger partial charge on any atom is -0.387 e. The van der Waals surface area contributed by atoms with Crippen molar-refractivity contribution in [2.75, 3.05) is 26.0 Å². The molecule has 0 bridgehead atoms. The highest BCUT2D eigenvalue weighted by Crippen LogP contribution is 2.46. The molecule has 4 atom stereocenters. The van der Waals surface area contributed by atoms with Gasteiger partial charge >= 0.3 is 13.3 Å². The first-order chi connectivity index (χ1) is 15.6. The molecule has 1 fully saturated rings. The van der Waals surface area contributed by atoms with Crippen molar-refractivity contribution < 1.29 is 38.2 Å². The largest absolute Gasteiger partial charge is 0.387 e. The van der Waals surface area contributed by atoms with Crippen molar-refractivity contribution in [3.05, 3.63) is 33.1 Å². The Balaban J connectivity index is 1.80. The minimum atomic E-state index is -3.41. The zero-order chi connectivity index (χ0) is 24.6. The molecule has 1 aliphatic rings. The van der Waals surface area contributed by atoms with Crippen molar-refractivity contribution in [1.82, 2.24) is 20.2 Å². The van der Waals surface area contributed by atoms with Crippen molar-refractivity contribution in [3.8, 4) is 0 Å². The average molecular weight is 492 g/mol. The molecule has 1 aromatic rings. The Morgan fingerprint density at radius 3 is 2.45 bits per heavy atom. The fraction of sp³-hybridized carbons (Fsp3) is 0.667. The SMILES string of the molecule is CCOP(=O)(CNC(=O)CCCNC(=O)[C@H]1OC(n2ccc(=O)[nH]c2=O)[C@H](O)[C@@H]1O)OCC. The Bertz CT molecular complexity index is 969. The molecule has 1 aliphatic heterocycles. The first-order valence-electron chi connectivity index (χ1n) is 10.4. The highest BCUT2D eigenvalue weighted by atomic mass is 31.2. The molecule has 0 aliphatic carbocycles. The smallest absolute Gasteiger partial charge is 0.349 e. The normalized spacial score (nSPS) is 22.8. The summed E-state index contributed by atoms with van der Waals surface area (Å²) in [6, 6.07) is 1.03. The van der Waals surface area contributed by atoms with Crippen LogP contribution < -0.4 is 21.9 Å². The molecule has 5 N–H and O–H groups in total. The van der Waals surface area contributed by atoms with Gasteiger partial charge in [0.15, 0.2) is 12.3 Å². The molecule has 0 radical (unpaired) electrons. The number of aliphatic hydroxyl groups is 2. The van der Waals surface area contributed by atoms with E-state index in [0.717, 1.165) is 16.8 Å². The van der Waals surface area contributed by atoms with Crippen LogP contribution in [0.1, 0.15) is 32.9 Å². The van der Waals surface area contributed by atoms with E-state index >= 15 is 0 Å². The fourth-order valence-corrected chi connectivity index (χ4v) is 4.50. The average Bonchev–Trinajstić information content (AvgIpc) is 3.05. The molecule has 0 aromatic carbocycles. The molecule has 1 unspecified atom stereocenters. The van der Waals surface area contributed by atoms with E-state index in [2.05, 4.69) is 10.6 Å². The van der Waals surface area contributed by atoms with Gasteiger partial charge in [-0.15, -0.1) is 0 Å². The third-order valence-corrected chi connectivity index (χ3v) is 6.47. The molecule has 2 amide bonds. The van der Waals surface area contributed by atoms with E-state index in [1.807, 2.05) is 4.98 Å². The minimum absolute atomic E-state index is 0.00459. The maximum Gasteiger partial charge on any atom is 0.349 e. The van der Waals surface area contributed by atoms with Crippen LogP contribution in [0.2, 0.25) is 0 Å². The van der Waals surface area contributed by atoms with Crippen molar-refractivity contribution in [1.29, 1.82) is 0 Å². The molecule has 2 heterocycles. The lowest BCUT2D eigenvalue weighted by molar-refractivity contribution is -0.138. The predicted molar refractivity (Wildman–Crippen MR) is 113 cm³/mol. The Hall–Kier alpha value is -2.35. The summed E-state index contributed by atoms with van der Waals surface area (Å²) in [4.78, 5) is 49.3. The summed E-state index contributed by atoms with van der Waals surface area (Å²) >= 11 is 0. The van der Waals surface area contributed by atoms with E-state index in [1.165, 1.54) is 0 Å². The zero-order valence-electron chi connectivity index (χ0n) is 18.3. The van der Waals surface area contributed by atoms with Crippen molar-refractivity contribution in [2.24, 2.45) is 0 Å². The molecule has 1 aromatic heterocycles. The first-order valence-corrected chi connectivity index (χ1v) is 12.1. The molecule has 0 saturated carbocycles. The number of hydrogen-bond acceptors (Lipinski definition) is 10. The molecule has 1 saturated heterocycles. The monoisotopic (exact) mass is 492 g/mol. The van der Waals surface area contributed by atoms with Crippen LogP contribution in [0.3, 0.4) is 0 Å². The summed E-state index contributed by atoms with van der Waals surface area (Å²) in [7, 11) is -3.41. The predicted octanol–water partition coefficient (Wildman–Crippen LogP) is -1.61. The number of ether oxygens (including phenoxy) is 1. The van der Waals surface area contributed by atoms with Gasteiger partial charge in [-0.2, -0.15) is 0 Å². The van der Waals surface area contributed by atoms with Crippen LogP contribution in [-0.2, 0) is 27.9 Å². The summed E-state index contributed by atoms with van der Waals surface area (Å²) in [6.07, 6.45) is -5.03. The number of hydrogen-bond donors (Lipinski definition) is 5. The van der Waals surface area contributed by atoms with Gasteiger partial charge in [0.05, 0.1) is 13.2 Å². The van der Waals surface area contributed by atoms with Gasteiger partial charge in [-0.3, -0.25) is 28.5 Å².